The van der Waals surface area contributed by atoms with Crippen LogP contribution in [-0.2, 0) is 14.4 Å². The van der Waals surface area contributed by atoms with Gasteiger partial charge in [0.25, 0.3) is 5.91 Å². The summed E-state index contributed by atoms with van der Waals surface area (Å²) in [6, 6.07) is 14.9. The number of Topliss-reactive ketones (excluding diaryl/α,β-unsaturated/α-hetero) is 1. The number of ether oxygens (including phenoxy) is 1. The van der Waals surface area contributed by atoms with Gasteiger partial charge in [-0.05, 0) is 37.1 Å². The van der Waals surface area contributed by atoms with Crippen molar-refractivity contribution in [1.29, 1.82) is 0 Å². The Balaban J connectivity index is 2.05. The number of esters is 1. The quantitative estimate of drug-likeness (QED) is 0.633. The van der Waals surface area contributed by atoms with E-state index in [0.717, 1.165) is 5.56 Å². The first-order valence-electron chi connectivity index (χ1n) is 8.91. The summed E-state index contributed by atoms with van der Waals surface area (Å²) in [5.41, 5.74) is 1.59. The first-order valence-corrected chi connectivity index (χ1v) is 8.91. The van der Waals surface area contributed by atoms with E-state index >= 15 is 0 Å². The Kier molecular flexibility index (Phi) is 5.31. The summed E-state index contributed by atoms with van der Waals surface area (Å²) in [6.45, 7) is 4.49. The van der Waals surface area contributed by atoms with Crippen LogP contribution in [0.5, 0.6) is 5.75 Å². The van der Waals surface area contributed by atoms with Crippen LogP contribution < -0.4 is 4.74 Å². The minimum atomic E-state index is -0.730. The van der Waals surface area contributed by atoms with Crippen molar-refractivity contribution in [3.63, 3.8) is 0 Å². The molecule has 2 aromatic carbocycles. The fourth-order valence-electron chi connectivity index (χ4n) is 3.49. The molecule has 1 heterocycles. The molecule has 0 saturated heterocycles. The average molecular weight is 379 g/mol. The highest BCUT2D eigenvalue weighted by atomic mass is 16.5. The highest BCUT2D eigenvalue weighted by molar-refractivity contribution is 6.08. The fourth-order valence-corrected chi connectivity index (χ4v) is 3.49. The van der Waals surface area contributed by atoms with Crippen LogP contribution in [0.4, 0.5) is 0 Å². The first-order chi connectivity index (χ1) is 13.3. The highest BCUT2D eigenvalue weighted by Gasteiger charge is 2.44. The number of aliphatic hydroxyl groups excluding tert-OH is 1. The van der Waals surface area contributed by atoms with E-state index in [-0.39, 0.29) is 17.4 Å². The summed E-state index contributed by atoms with van der Waals surface area (Å²) in [4.78, 5) is 37.7. The van der Waals surface area contributed by atoms with Crippen molar-refractivity contribution < 1.29 is 24.2 Å². The molecule has 144 valence electrons. The predicted molar refractivity (Wildman–Crippen MR) is 103 cm³/mol. The third kappa shape index (κ3) is 3.53. The number of amides is 1. The molecule has 0 saturated carbocycles. The van der Waals surface area contributed by atoms with E-state index in [1.54, 1.807) is 24.3 Å². The van der Waals surface area contributed by atoms with Gasteiger partial charge < -0.3 is 14.7 Å². The Bertz CT molecular complexity index is 947. The van der Waals surface area contributed by atoms with Crippen LogP contribution in [0, 0.1) is 0 Å². The summed E-state index contributed by atoms with van der Waals surface area (Å²) < 4.78 is 5.04. The van der Waals surface area contributed by atoms with Crippen molar-refractivity contribution in [2.45, 2.75) is 32.9 Å². The van der Waals surface area contributed by atoms with Crippen molar-refractivity contribution in [3.05, 3.63) is 77.1 Å². The van der Waals surface area contributed by atoms with E-state index in [4.69, 9.17) is 4.74 Å². The number of hydrogen-bond acceptors (Lipinski definition) is 5. The number of aliphatic hydroxyl groups is 1. The van der Waals surface area contributed by atoms with Gasteiger partial charge in [-0.2, -0.15) is 0 Å². The van der Waals surface area contributed by atoms with Crippen molar-refractivity contribution in [3.8, 4) is 5.75 Å². The molecule has 0 spiro atoms. The van der Waals surface area contributed by atoms with E-state index in [1.165, 1.54) is 18.7 Å². The van der Waals surface area contributed by atoms with Crippen molar-refractivity contribution >= 4 is 17.7 Å². The van der Waals surface area contributed by atoms with Gasteiger partial charge in [-0.15, -0.1) is 0 Å². The van der Waals surface area contributed by atoms with Gasteiger partial charge in [0.15, 0.2) is 11.5 Å². The van der Waals surface area contributed by atoms with Crippen LogP contribution in [-0.4, -0.2) is 27.7 Å². The molecule has 28 heavy (non-hydrogen) atoms. The molecule has 1 N–H and O–H groups in total. The largest absolute Gasteiger partial charge is 0.503 e. The normalized spacial score (nSPS) is 17.6. The van der Waals surface area contributed by atoms with Gasteiger partial charge in [-0.3, -0.25) is 14.4 Å². The molecule has 2 aromatic rings. The van der Waals surface area contributed by atoms with Gasteiger partial charge in [0.2, 0.25) is 0 Å². The lowest BCUT2D eigenvalue weighted by molar-refractivity contribution is -0.132. The molecule has 2 atom stereocenters. The fraction of sp³-hybridized carbons (Fsp3) is 0.227. The zero-order valence-corrected chi connectivity index (χ0v) is 15.9. The van der Waals surface area contributed by atoms with Gasteiger partial charge in [-0.25, -0.2) is 0 Å². The van der Waals surface area contributed by atoms with Crippen LogP contribution in [0.1, 0.15) is 44.0 Å². The third-order valence-electron chi connectivity index (χ3n) is 4.78. The van der Waals surface area contributed by atoms with Gasteiger partial charge in [-0.1, -0.05) is 42.5 Å². The van der Waals surface area contributed by atoms with Gasteiger partial charge in [0.1, 0.15) is 5.75 Å². The molecule has 2 unspecified atom stereocenters. The molecule has 6 heteroatoms. The Labute approximate surface area is 163 Å². The molecule has 1 amide bonds. The van der Waals surface area contributed by atoms with Crippen molar-refractivity contribution in [2.75, 3.05) is 0 Å². The number of carbonyl (C=O) groups excluding carboxylic acids is 3. The SMILES string of the molecule is CC(=O)Oc1ccc(C2C(C(C)=O)=C(O)C(=O)N2C(C)c2ccccc2)cc1. The van der Waals surface area contributed by atoms with Crippen LogP contribution in [0.3, 0.4) is 0 Å². The molecule has 1 aliphatic rings. The third-order valence-corrected chi connectivity index (χ3v) is 4.78. The molecule has 0 aliphatic carbocycles. The van der Waals surface area contributed by atoms with Crippen LogP contribution >= 0.6 is 0 Å². The number of carbonyl (C=O) groups is 3. The van der Waals surface area contributed by atoms with Crippen molar-refractivity contribution in [1.82, 2.24) is 4.90 Å². The monoisotopic (exact) mass is 379 g/mol. The van der Waals surface area contributed by atoms with Gasteiger partial charge in [0.05, 0.1) is 17.7 Å². The lowest BCUT2D eigenvalue weighted by atomic mass is 9.95. The number of benzene rings is 2. The summed E-state index contributed by atoms with van der Waals surface area (Å²) in [5.74, 6) is -1.56. The standard InChI is InChI=1S/C22H21NO5/c1-13(16-7-5-4-6-8-16)23-20(19(14(2)24)21(26)22(23)27)17-9-11-18(12-10-17)28-15(3)25/h4-13,20,26H,1-3H3. The molecule has 3 rings (SSSR count). The average Bonchev–Trinajstić information content (AvgIpc) is 2.93. The van der Waals surface area contributed by atoms with Gasteiger partial charge >= 0.3 is 5.97 Å². The second-order valence-corrected chi connectivity index (χ2v) is 6.68. The Morgan fingerprint density at radius 2 is 1.64 bits per heavy atom. The number of hydrogen-bond donors (Lipinski definition) is 1. The molecule has 0 bridgehead atoms. The van der Waals surface area contributed by atoms with Crippen LogP contribution in [0.15, 0.2) is 65.9 Å². The smallest absolute Gasteiger partial charge is 0.308 e. The Morgan fingerprint density at radius 3 is 2.18 bits per heavy atom. The lowest BCUT2D eigenvalue weighted by Gasteiger charge is -2.32. The minimum absolute atomic E-state index is 0.0630. The molecule has 1 aliphatic heterocycles. The number of ketones is 1. The van der Waals surface area contributed by atoms with E-state index in [2.05, 4.69) is 0 Å². The van der Waals surface area contributed by atoms with E-state index in [1.807, 2.05) is 37.3 Å². The molecule has 0 fully saturated rings. The zero-order valence-electron chi connectivity index (χ0n) is 15.9. The molecule has 0 radical (unpaired) electrons. The van der Waals surface area contributed by atoms with Crippen LogP contribution in [0.25, 0.3) is 0 Å². The maximum absolute atomic E-state index is 12.8. The second kappa shape index (κ2) is 7.68. The highest BCUT2D eigenvalue weighted by Crippen LogP contribution is 2.43. The topological polar surface area (TPSA) is 83.9 Å². The first kappa shape index (κ1) is 19.4. The summed E-state index contributed by atoms with van der Waals surface area (Å²) in [7, 11) is 0. The second-order valence-electron chi connectivity index (χ2n) is 6.68. The zero-order chi connectivity index (χ0) is 20.4. The number of rotatable bonds is 5. The summed E-state index contributed by atoms with van der Waals surface area (Å²) in [5, 5.41) is 10.4. The minimum Gasteiger partial charge on any atom is -0.503 e. The summed E-state index contributed by atoms with van der Waals surface area (Å²) >= 11 is 0. The molecular formula is C22H21NO5. The van der Waals surface area contributed by atoms with Crippen molar-refractivity contribution in [2.24, 2.45) is 0 Å². The molecule has 6 nitrogen and oxygen atoms in total. The summed E-state index contributed by atoms with van der Waals surface area (Å²) in [6.07, 6.45) is 0. The van der Waals surface area contributed by atoms with Crippen LogP contribution in [0.2, 0.25) is 0 Å². The predicted octanol–water partition coefficient (Wildman–Crippen LogP) is 3.66. The van der Waals surface area contributed by atoms with E-state index in [0.29, 0.717) is 11.3 Å². The van der Waals surface area contributed by atoms with E-state index < -0.39 is 23.7 Å². The van der Waals surface area contributed by atoms with E-state index in [9.17, 15) is 19.5 Å². The molecule has 0 aromatic heterocycles. The maximum atomic E-state index is 12.8. The maximum Gasteiger partial charge on any atom is 0.308 e. The van der Waals surface area contributed by atoms with Gasteiger partial charge in [0, 0.05) is 6.92 Å². The Hall–Kier alpha value is -3.41. The molecular weight excluding hydrogens is 358 g/mol. The Morgan fingerprint density at radius 1 is 1.04 bits per heavy atom. The lowest BCUT2D eigenvalue weighted by Crippen LogP contribution is -2.33. The number of nitrogens with zero attached hydrogens (tertiary/aromatic N) is 1.